The van der Waals surface area contributed by atoms with Crippen LogP contribution in [-0.4, -0.2) is 37.7 Å². The Morgan fingerprint density at radius 2 is 1.18 bits per heavy atom. The Morgan fingerprint density at radius 3 is 1.73 bits per heavy atom. The molecule has 2 bridgehead atoms. The maximum absolute atomic E-state index is 11.3. The van der Waals surface area contributed by atoms with Gasteiger partial charge in [-0.1, -0.05) is 0 Å². The van der Waals surface area contributed by atoms with Crippen LogP contribution in [0.1, 0.15) is 46.4 Å². The van der Waals surface area contributed by atoms with E-state index >= 15 is 0 Å². The summed E-state index contributed by atoms with van der Waals surface area (Å²) >= 11 is 0. The number of cyclic esters (lactones) is 1. The van der Waals surface area contributed by atoms with Gasteiger partial charge in [-0.05, 0) is 43.5 Å². The predicted molar refractivity (Wildman–Crippen MR) is 76.4 cm³/mol. The molecule has 0 aliphatic carbocycles. The second kappa shape index (κ2) is 8.17. The molecule has 118 valence electrons. The molecule has 0 radical (unpaired) electrons. The maximum atomic E-state index is 11.3. The van der Waals surface area contributed by atoms with Crippen LogP contribution in [0, 0.1) is 0 Å². The fourth-order valence-corrected chi connectivity index (χ4v) is 1.98. The first-order valence-electron chi connectivity index (χ1n) is 7.27. The van der Waals surface area contributed by atoms with Crippen molar-refractivity contribution >= 4 is 17.9 Å². The van der Waals surface area contributed by atoms with Crippen molar-refractivity contribution in [1.29, 1.82) is 0 Å². The van der Waals surface area contributed by atoms with Crippen molar-refractivity contribution in [3.05, 3.63) is 35.4 Å². The van der Waals surface area contributed by atoms with Gasteiger partial charge in [0.05, 0.1) is 17.7 Å². The van der Waals surface area contributed by atoms with Gasteiger partial charge in [0.1, 0.15) is 13.2 Å². The number of carbonyl (C=O) groups excluding carboxylic acids is 3. The zero-order chi connectivity index (χ0) is 15.8. The number of hydrogen-bond acceptors (Lipinski definition) is 6. The lowest BCUT2D eigenvalue weighted by molar-refractivity contribution is -0.142. The van der Waals surface area contributed by atoms with Crippen LogP contribution in [-0.2, 0) is 19.0 Å². The molecule has 22 heavy (non-hydrogen) atoms. The van der Waals surface area contributed by atoms with Gasteiger partial charge in [-0.3, -0.25) is 4.79 Å². The third-order valence-corrected chi connectivity index (χ3v) is 3.19. The van der Waals surface area contributed by atoms with Crippen LogP contribution in [0.15, 0.2) is 24.3 Å². The summed E-state index contributed by atoms with van der Waals surface area (Å²) in [6.45, 7) is 0.838. The van der Waals surface area contributed by atoms with Crippen LogP contribution in [0.25, 0.3) is 0 Å². The van der Waals surface area contributed by atoms with Crippen LogP contribution in [0.3, 0.4) is 0 Å². The van der Waals surface area contributed by atoms with E-state index in [2.05, 4.69) is 0 Å². The number of esters is 3. The first-order chi connectivity index (χ1) is 10.7. The van der Waals surface area contributed by atoms with Crippen LogP contribution >= 0.6 is 0 Å². The molecule has 6 nitrogen and oxygen atoms in total. The van der Waals surface area contributed by atoms with E-state index in [1.165, 1.54) is 0 Å². The molecule has 3 aliphatic heterocycles. The van der Waals surface area contributed by atoms with E-state index in [1.54, 1.807) is 24.3 Å². The van der Waals surface area contributed by atoms with E-state index < -0.39 is 11.9 Å². The monoisotopic (exact) mass is 306 g/mol. The van der Waals surface area contributed by atoms with E-state index in [4.69, 9.17) is 14.2 Å². The fraction of sp³-hybridized carbons (Fsp3) is 0.438. The van der Waals surface area contributed by atoms with Crippen molar-refractivity contribution in [2.75, 3.05) is 19.8 Å². The molecule has 1 saturated heterocycles. The minimum atomic E-state index is -0.394. The molecule has 1 aromatic rings. The predicted octanol–water partition coefficient (Wildman–Crippen LogP) is 2.12. The van der Waals surface area contributed by atoms with E-state index in [1.807, 2.05) is 0 Å². The molecule has 0 N–H and O–H groups in total. The molecule has 3 aliphatic rings. The van der Waals surface area contributed by atoms with Crippen molar-refractivity contribution in [3.63, 3.8) is 0 Å². The Hall–Kier alpha value is -2.37. The Bertz CT molecular complexity index is 487. The summed E-state index contributed by atoms with van der Waals surface area (Å²) < 4.78 is 14.4. The van der Waals surface area contributed by atoms with E-state index in [0.29, 0.717) is 24.2 Å². The third-order valence-electron chi connectivity index (χ3n) is 3.19. The van der Waals surface area contributed by atoms with Gasteiger partial charge in [-0.15, -0.1) is 0 Å². The van der Waals surface area contributed by atoms with Gasteiger partial charge in [-0.2, -0.15) is 0 Å². The van der Waals surface area contributed by atoms with Crippen molar-refractivity contribution in [2.45, 2.75) is 25.7 Å². The second-order valence-electron chi connectivity index (χ2n) is 4.88. The molecule has 1 fully saturated rings. The highest BCUT2D eigenvalue weighted by Gasteiger charge is 2.13. The third kappa shape index (κ3) is 4.87. The van der Waals surface area contributed by atoms with Gasteiger partial charge >= 0.3 is 17.9 Å². The maximum Gasteiger partial charge on any atom is 0.338 e. The first kappa shape index (κ1) is 16.0. The highest BCUT2D eigenvalue weighted by atomic mass is 16.6. The Kier molecular flexibility index (Phi) is 5.94. The molecule has 0 atom stereocenters. The quantitative estimate of drug-likeness (QED) is 0.539. The SMILES string of the molecule is O=C1CCCCCO1.O=C1OCCOC(=O)c2ccc1cc2. The molecule has 0 spiro atoms. The molecule has 1 aromatic carbocycles. The number of fused-ring (bicyclic) bond motifs is 7. The van der Waals surface area contributed by atoms with Crippen LogP contribution in [0.4, 0.5) is 0 Å². The molecule has 0 saturated carbocycles. The second-order valence-corrected chi connectivity index (χ2v) is 4.88. The van der Waals surface area contributed by atoms with Gasteiger partial charge in [0.2, 0.25) is 0 Å². The van der Waals surface area contributed by atoms with Gasteiger partial charge < -0.3 is 14.2 Å². The van der Waals surface area contributed by atoms with Crippen molar-refractivity contribution in [3.8, 4) is 0 Å². The lowest BCUT2D eigenvalue weighted by Gasteiger charge is -2.09. The molecule has 3 heterocycles. The topological polar surface area (TPSA) is 78.9 Å². The molecular weight excluding hydrogens is 288 g/mol. The smallest absolute Gasteiger partial charge is 0.338 e. The molecule has 4 rings (SSSR count). The fourth-order valence-electron chi connectivity index (χ4n) is 1.98. The van der Waals surface area contributed by atoms with E-state index in [-0.39, 0.29) is 19.2 Å². The molecular formula is C16H18O6. The van der Waals surface area contributed by atoms with Crippen LogP contribution in [0.2, 0.25) is 0 Å². The van der Waals surface area contributed by atoms with Gasteiger partial charge in [0.25, 0.3) is 0 Å². The number of rotatable bonds is 0. The molecule has 0 unspecified atom stereocenters. The molecule has 6 heteroatoms. The average molecular weight is 306 g/mol. The molecule has 0 aromatic heterocycles. The minimum absolute atomic E-state index is 0.0255. The summed E-state index contributed by atoms with van der Waals surface area (Å²) in [4.78, 5) is 33.0. The van der Waals surface area contributed by atoms with Crippen LogP contribution in [0.5, 0.6) is 0 Å². The summed E-state index contributed by atoms with van der Waals surface area (Å²) in [6.07, 6.45) is 3.83. The lowest BCUT2D eigenvalue weighted by atomic mass is 10.1. The standard InChI is InChI=1S/C10H8O4.C6H10O2/c11-9-7-1-2-8(4-3-7)10(12)14-6-5-13-9;7-6-4-2-1-3-5-8-6/h1-4H,5-6H2;1-5H2. The van der Waals surface area contributed by atoms with Crippen molar-refractivity contribution in [1.82, 2.24) is 0 Å². The van der Waals surface area contributed by atoms with Crippen molar-refractivity contribution < 1.29 is 28.6 Å². The summed E-state index contributed by atoms with van der Waals surface area (Å²) in [5.41, 5.74) is 0.895. The van der Waals surface area contributed by atoms with Crippen LogP contribution < -0.4 is 0 Å². The summed E-state index contributed by atoms with van der Waals surface area (Å²) in [5, 5.41) is 0. The number of hydrogen-bond donors (Lipinski definition) is 0. The lowest BCUT2D eigenvalue weighted by Crippen LogP contribution is -2.16. The number of ether oxygens (including phenoxy) is 3. The van der Waals surface area contributed by atoms with Crippen molar-refractivity contribution in [2.24, 2.45) is 0 Å². The normalized spacial score (nSPS) is 18.1. The van der Waals surface area contributed by atoms with E-state index in [0.717, 1.165) is 19.3 Å². The zero-order valence-corrected chi connectivity index (χ0v) is 12.2. The van der Waals surface area contributed by atoms with Gasteiger partial charge in [-0.25, -0.2) is 9.59 Å². The van der Waals surface area contributed by atoms with E-state index in [9.17, 15) is 14.4 Å². The number of carbonyl (C=O) groups is 3. The summed E-state index contributed by atoms with van der Waals surface area (Å²) in [7, 11) is 0. The zero-order valence-electron chi connectivity index (χ0n) is 12.2. The Labute approximate surface area is 128 Å². The highest BCUT2D eigenvalue weighted by Crippen LogP contribution is 2.09. The summed E-state index contributed by atoms with van der Waals surface area (Å²) in [6, 6.07) is 6.18. The van der Waals surface area contributed by atoms with Gasteiger partial charge in [0, 0.05) is 6.42 Å². The number of benzene rings is 1. The van der Waals surface area contributed by atoms with Gasteiger partial charge in [0.15, 0.2) is 0 Å². The Balaban J connectivity index is 0.000000188. The Morgan fingerprint density at radius 1 is 0.636 bits per heavy atom. The minimum Gasteiger partial charge on any atom is -0.466 e. The summed E-state index contributed by atoms with van der Waals surface area (Å²) in [5.74, 6) is -0.813. The average Bonchev–Trinajstić information content (AvgIpc) is 2.79. The first-order valence-corrected chi connectivity index (χ1v) is 7.27. The highest BCUT2D eigenvalue weighted by molar-refractivity contribution is 5.93. The molecule has 0 amide bonds. The largest absolute Gasteiger partial charge is 0.466 e.